The molecule has 0 amide bonds. The Morgan fingerprint density at radius 2 is 1.84 bits per heavy atom. The summed E-state index contributed by atoms with van der Waals surface area (Å²) in [4.78, 5) is 1.87. The predicted octanol–water partition coefficient (Wildman–Crippen LogP) is -1.10. The molecule has 1 aromatic rings. The van der Waals surface area contributed by atoms with Gasteiger partial charge in [0, 0.05) is 26.2 Å². The summed E-state index contributed by atoms with van der Waals surface area (Å²) < 4.78 is 48.9. The highest BCUT2D eigenvalue weighted by Gasteiger charge is 2.24. The number of rotatable bonds is 11. The number of aromatic nitrogens is 3. The van der Waals surface area contributed by atoms with Crippen molar-refractivity contribution in [1.82, 2.24) is 25.2 Å². The van der Waals surface area contributed by atoms with Crippen molar-refractivity contribution >= 4 is 9.84 Å². The topological polar surface area (TPSA) is 98.6 Å². The molecule has 0 saturated carbocycles. The maximum atomic E-state index is 14.3. The fourth-order valence-corrected chi connectivity index (χ4v) is 3.62. The lowest BCUT2D eigenvalue weighted by atomic mass is 10.4. The van der Waals surface area contributed by atoms with E-state index in [1.165, 1.54) is 0 Å². The lowest BCUT2D eigenvalue weighted by Gasteiger charge is -2.25. The van der Waals surface area contributed by atoms with E-state index in [1.807, 2.05) is 11.9 Å². The first kappa shape index (κ1) is 20.2. The molecule has 1 aromatic heterocycles. The molecule has 1 saturated heterocycles. The van der Waals surface area contributed by atoms with Gasteiger partial charge in [0.25, 0.3) is 0 Å². The molecule has 9 nitrogen and oxygen atoms in total. The van der Waals surface area contributed by atoms with E-state index in [-0.39, 0.29) is 30.3 Å². The Kier molecular flexibility index (Phi) is 8.16. The van der Waals surface area contributed by atoms with E-state index >= 15 is 0 Å². The number of halogens is 1. The summed E-state index contributed by atoms with van der Waals surface area (Å²) in [6, 6.07) is 0. The van der Waals surface area contributed by atoms with Gasteiger partial charge in [-0.2, -0.15) is 4.39 Å². The zero-order valence-electron chi connectivity index (χ0n) is 14.5. The Balaban J connectivity index is 1.66. The van der Waals surface area contributed by atoms with E-state index in [4.69, 9.17) is 9.47 Å². The molecular weight excluding hydrogens is 353 g/mol. The van der Waals surface area contributed by atoms with Gasteiger partial charge in [-0.1, -0.05) is 5.21 Å². The molecule has 1 N–H and O–H groups in total. The number of likely N-dealkylation sites (N-methyl/N-ethyl adjacent to an activating group) is 1. The van der Waals surface area contributed by atoms with Gasteiger partial charge < -0.3 is 14.8 Å². The number of nitrogens with one attached hydrogen (secondary N) is 1. The van der Waals surface area contributed by atoms with Crippen LogP contribution in [0.15, 0.2) is 0 Å². The Hall–Kier alpha value is -1.14. The van der Waals surface area contributed by atoms with Gasteiger partial charge in [0.2, 0.25) is 5.95 Å². The maximum Gasteiger partial charge on any atom is 0.236 e. The van der Waals surface area contributed by atoms with Crippen LogP contribution < -0.4 is 5.32 Å². The van der Waals surface area contributed by atoms with Crippen LogP contribution >= 0.6 is 0 Å². The summed E-state index contributed by atoms with van der Waals surface area (Å²) >= 11 is 0. The number of hydrogen-bond acceptors (Lipinski definition) is 8. The van der Waals surface area contributed by atoms with Gasteiger partial charge in [0.05, 0.1) is 44.5 Å². The summed E-state index contributed by atoms with van der Waals surface area (Å²) in [6.07, 6.45) is 0. The molecule has 144 valence electrons. The molecule has 2 heterocycles. The van der Waals surface area contributed by atoms with E-state index in [1.54, 1.807) is 0 Å². The highest BCUT2D eigenvalue weighted by molar-refractivity contribution is 7.91. The van der Waals surface area contributed by atoms with Crippen LogP contribution in [0.1, 0.15) is 5.69 Å². The lowest BCUT2D eigenvalue weighted by Crippen LogP contribution is -2.39. The molecule has 0 aliphatic carbocycles. The molecule has 1 aliphatic heterocycles. The fraction of sp³-hybridized carbons (Fsp3) is 0.857. The third kappa shape index (κ3) is 6.94. The first-order valence-corrected chi connectivity index (χ1v) is 10.1. The van der Waals surface area contributed by atoms with E-state index < -0.39 is 15.8 Å². The zero-order valence-corrected chi connectivity index (χ0v) is 15.3. The van der Waals surface area contributed by atoms with Gasteiger partial charge in [0.15, 0.2) is 9.84 Å². The van der Waals surface area contributed by atoms with E-state index in [9.17, 15) is 12.8 Å². The minimum Gasteiger partial charge on any atom is -0.378 e. The van der Waals surface area contributed by atoms with Crippen LogP contribution in [0.2, 0.25) is 0 Å². The average molecular weight is 379 g/mol. The Labute approximate surface area is 147 Å². The molecule has 2 rings (SSSR count). The number of nitrogens with zero attached hydrogens (tertiary/aromatic N) is 4. The summed E-state index contributed by atoms with van der Waals surface area (Å²) in [5.41, 5.74) is 0.231. The van der Waals surface area contributed by atoms with Crippen LogP contribution in [0.4, 0.5) is 4.39 Å². The number of ether oxygens (including phenoxy) is 2. The summed E-state index contributed by atoms with van der Waals surface area (Å²) in [5, 5.41) is 10.6. The normalized spacial score (nSPS) is 17.8. The first-order valence-electron chi connectivity index (χ1n) is 8.32. The van der Waals surface area contributed by atoms with Crippen molar-refractivity contribution < 1.29 is 22.3 Å². The van der Waals surface area contributed by atoms with Crippen LogP contribution in [0.25, 0.3) is 0 Å². The Morgan fingerprint density at radius 1 is 1.16 bits per heavy atom. The monoisotopic (exact) mass is 379 g/mol. The first-order chi connectivity index (χ1) is 12.0. The standard InChI is InChI=1S/C14H26FN5O4S/c1-16-2-6-23-8-9-24-7-3-20-14(15)13(17-18-20)12-19-4-10-25(21,22)11-5-19/h16H,2-12H2,1H3. The average Bonchev–Trinajstić information content (AvgIpc) is 2.92. The molecule has 11 heteroatoms. The van der Waals surface area contributed by atoms with Crippen molar-refractivity contribution in [1.29, 1.82) is 0 Å². The van der Waals surface area contributed by atoms with E-state index in [2.05, 4.69) is 15.6 Å². The molecule has 0 atom stereocenters. The van der Waals surface area contributed by atoms with Gasteiger partial charge in [-0.05, 0) is 7.05 Å². The second kappa shape index (κ2) is 10.1. The van der Waals surface area contributed by atoms with Gasteiger partial charge in [0.1, 0.15) is 5.69 Å². The van der Waals surface area contributed by atoms with Crippen molar-refractivity contribution in [3.63, 3.8) is 0 Å². The molecule has 0 aromatic carbocycles. The van der Waals surface area contributed by atoms with E-state index in [0.717, 1.165) is 11.2 Å². The van der Waals surface area contributed by atoms with Gasteiger partial charge >= 0.3 is 0 Å². The molecule has 0 spiro atoms. The molecule has 0 radical (unpaired) electrons. The minimum atomic E-state index is -2.94. The van der Waals surface area contributed by atoms with Crippen LogP contribution in [-0.2, 0) is 32.4 Å². The second-order valence-electron chi connectivity index (χ2n) is 5.81. The molecule has 1 fully saturated rings. The minimum absolute atomic E-state index is 0.104. The highest BCUT2D eigenvalue weighted by atomic mass is 32.2. The summed E-state index contributed by atoms with van der Waals surface area (Å²) in [6.45, 7) is 3.98. The van der Waals surface area contributed by atoms with Gasteiger partial charge in [-0.15, -0.1) is 5.10 Å². The van der Waals surface area contributed by atoms with Crippen molar-refractivity contribution in [3.8, 4) is 0 Å². The van der Waals surface area contributed by atoms with Gasteiger partial charge in [-0.25, -0.2) is 13.1 Å². The van der Waals surface area contributed by atoms with Crippen LogP contribution in [0.3, 0.4) is 0 Å². The largest absolute Gasteiger partial charge is 0.378 e. The molecule has 0 unspecified atom stereocenters. The smallest absolute Gasteiger partial charge is 0.236 e. The number of hydrogen-bond donors (Lipinski definition) is 1. The second-order valence-corrected chi connectivity index (χ2v) is 8.11. The van der Waals surface area contributed by atoms with Crippen LogP contribution in [0, 0.1) is 5.95 Å². The van der Waals surface area contributed by atoms with Crippen LogP contribution in [-0.4, -0.2) is 92.9 Å². The van der Waals surface area contributed by atoms with E-state index in [0.29, 0.717) is 39.5 Å². The summed E-state index contributed by atoms with van der Waals surface area (Å²) in [7, 11) is -1.09. The zero-order chi connectivity index (χ0) is 18.1. The third-order valence-electron chi connectivity index (χ3n) is 3.86. The lowest BCUT2D eigenvalue weighted by molar-refractivity contribution is 0.0443. The van der Waals surface area contributed by atoms with Gasteiger partial charge in [-0.3, -0.25) is 4.90 Å². The molecule has 0 bridgehead atoms. The maximum absolute atomic E-state index is 14.3. The SMILES string of the molecule is CNCCOCCOCCn1nnc(CN2CCS(=O)(=O)CC2)c1F. The van der Waals surface area contributed by atoms with Crippen LogP contribution in [0.5, 0.6) is 0 Å². The van der Waals surface area contributed by atoms with Crippen molar-refractivity contribution in [2.45, 2.75) is 13.1 Å². The van der Waals surface area contributed by atoms with Crippen molar-refractivity contribution in [2.24, 2.45) is 0 Å². The summed E-state index contributed by atoms with van der Waals surface area (Å²) in [5.74, 6) is -0.290. The molecule has 1 aliphatic rings. The fourth-order valence-electron chi connectivity index (χ4n) is 2.34. The number of sulfone groups is 1. The molecular formula is C14H26FN5O4S. The van der Waals surface area contributed by atoms with Crippen molar-refractivity contribution in [2.75, 3.05) is 64.6 Å². The highest BCUT2D eigenvalue weighted by Crippen LogP contribution is 2.10. The Bertz CT molecular complexity index is 611. The molecule has 25 heavy (non-hydrogen) atoms. The third-order valence-corrected chi connectivity index (χ3v) is 5.47. The predicted molar refractivity (Wildman–Crippen MR) is 89.5 cm³/mol. The quantitative estimate of drug-likeness (QED) is 0.484. The Morgan fingerprint density at radius 3 is 2.52 bits per heavy atom. The van der Waals surface area contributed by atoms with Crippen molar-refractivity contribution in [3.05, 3.63) is 11.6 Å².